The summed E-state index contributed by atoms with van der Waals surface area (Å²) in [6, 6.07) is 5.60. The van der Waals surface area contributed by atoms with Gasteiger partial charge in [0, 0.05) is 38.4 Å². The molecule has 0 radical (unpaired) electrons. The molecule has 1 aromatic heterocycles. The van der Waals surface area contributed by atoms with Crippen LogP contribution in [0.1, 0.15) is 37.8 Å². The van der Waals surface area contributed by atoms with Gasteiger partial charge in [0.05, 0.1) is 18.3 Å². The second kappa shape index (κ2) is 9.52. The van der Waals surface area contributed by atoms with Crippen molar-refractivity contribution in [1.29, 1.82) is 0 Å². The number of carbonyl (C=O) groups excluding carboxylic acids is 2. The molecule has 2 N–H and O–H groups in total. The van der Waals surface area contributed by atoms with Crippen molar-refractivity contribution in [2.75, 3.05) is 26.2 Å². The van der Waals surface area contributed by atoms with Crippen LogP contribution < -0.4 is 10.6 Å². The smallest absolute Gasteiger partial charge is 0.317 e. The summed E-state index contributed by atoms with van der Waals surface area (Å²) in [7, 11) is 0. The second-order valence-electron chi connectivity index (χ2n) is 6.97. The van der Waals surface area contributed by atoms with Crippen LogP contribution in [0.5, 0.6) is 0 Å². The van der Waals surface area contributed by atoms with E-state index in [1.165, 1.54) is 6.42 Å². The maximum atomic E-state index is 12.3. The number of urea groups is 1. The Bertz CT molecular complexity index is 582. The standard InChI is InChI=1S/C19H28N4O3/c24-18(21-13-16-5-1-3-9-20-16)15-7-10-23(11-8-15)19(25)22-14-17-6-2-4-12-26-17/h1,3,5,9,15,17H,2,4,6-8,10-14H2,(H,21,24)(H,22,25). The van der Waals surface area contributed by atoms with Crippen molar-refractivity contribution in [3.63, 3.8) is 0 Å². The zero-order chi connectivity index (χ0) is 18.2. The number of carbonyl (C=O) groups is 2. The summed E-state index contributed by atoms with van der Waals surface area (Å²) in [6.45, 7) is 3.03. The lowest BCUT2D eigenvalue weighted by Crippen LogP contribution is -2.48. The van der Waals surface area contributed by atoms with E-state index in [2.05, 4.69) is 15.6 Å². The van der Waals surface area contributed by atoms with Gasteiger partial charge in [0.25, 0.3) is 0 Å². The van der Waals surface area contributed by atoms with Crippen LogP contribution >= 0.6 is 0 Å². The molecular formula is C19H28N4O3. The lowest BCUT2D eigenvalue weighted by atomic mass is 9.96. The molecule has 2 aliphatic heterocycles. The maximum absolute atomic E-state index is 12.3. The van der Waals surface area contributed by atoms with E-state index in [1.807, 2.05) is 18.2 Å². The van der Waals surface area contributed by atoms with E-state index in [9.17, 15) is 9.59 Å². The number of hydrogen-bond acceptors (Lipinski definition) is 4. The monoisotopic (exact) mass is 360 g/mol. The van der Waals surface area contributed by atoms with Gasteiger partial charge in [-0.2, -0.15) is 0 Å². The lowest BCUT2D eigenvalue weighted by molar-refractivity contribution is -0.126. The fourth-order valence-electron chi connectivity index (χ4n) is 3.45. The summed E-state index contributed by atoms with van der Waals surface area (Å²) in [4.78, 5) is 30.6. The quantitative estimate of drug-likeness (QED) is 0.837. The summed E-state index contributed by atoms with van der Waals surface area (Å²) in [5, 5.41) is 5.91. The van der Waals surface area contributed by atoms with Crippen molar-refractivity contribution >= 4 is 11.9 Å². The van der Waals surface area contributed by atoms with Gasteiger partial charge >= 0.3 is 6.03 Å². The fraction of sp³-hybridized carbons (Fsp3) is 0.632. The van der Waals surface area contributed by atoms with Gasteiger partial charge in [-0.15, -0.1) is 0 Å². The van der Waals surface area contributed by atoms with Crippen LogP contribution in [0, 0.1) is 5.92 Å². The number of nitrogens with one attached hydrogen (secondary N) is 2. The number of hydrogen-bond donors (Lipinski definition) is 2. The molecule has 1 unspecified atom stereocenters. The van der Waals surface area contributed by atoms with Crippen molar-refractivity contribution < 1.29 is 14.3 Å². The number of nitrogens with zero attached hydrogens (tertiary/aromatic N) is 2. The zero-order valence-corrected chi connectivity index (χ0v) is 15.2. The first-order valence-electron chi connectivity index (χ1n) is 9.54. The number of piperidine rings is 1. The molecule has 3 amide bonds. The molecule has 2 saturated heterocycles. The van der Waals surface area contributed by atoms with Crippen molar-refractivity contribution in [1.82, 2.24) is 20.5 Å². The Balaban J connectivity index is 1.35. The number of likely N-dealkylation sites (tertiary alicyclic amines) is 1. The third-order valence-electron chi connectivity index (χ3n) is 5.08. The lowest BCUT2D eigenvalue weighted by Gasteiger charge is -2.32. The van der Waals surface area contributed by atoms with Gasteiger partial charge in [0.15, 0.2) is 0 Å². The predicted molar refractivity (Wildman–Crippen MR) is 97.4 cm³/mol. The van der Waals surface area contributed by atoms with Crippen molar-refractivity contribution in [2.24, 2.45) is 5.92 Å². The van der Waals surface area contributed by atoms with E-state index in [0.717, 1.165) is 25.1 Å². The molecule has 2 aliphatic rings. The zero-order valence-electron chi connectivity index (χ0n) is 15.2. The third kappa shape index (κ3) is 5.42. The molecule has 1 atom stereocenters. The first-order chi connectivity index (χ1) is 12.7. The van der Waals surface area contributed by atoms with Crippen LogP contribution in [0.3, 0.4) is 0 Å². The first-order valence-corrected chi connectivity index (χ1v) is 9.54. The fourth-order valence-corrected chi connectivity index (χ4v) is 3.45. The van der Waals surface area contributed by atoms with Gasteiger partial charge < -0.3 is 20.3 Å². The van der Waals surface area contributed by atoms with Crippen LogP contribution in [0.15, 0.2) is 24.4 Å². The molecule has 142 valence electrons. The van der Waals surface area contributed by atoms with Crippen LogP contribution in [-0.2, 0) is 16.1 Å². The van der Waals surface area contributed by atoms with Crippen LogP contribution in [0.4, 0.5) is 4.79 Å². The van der Waals surface area contributed by atoms with Gasteiger partial charge in [-0.1, -0.05) is 6.07 Å². The molecule has 0 spiro atoms. The van der Waals surface area contributed by atoms with Gasteiger partial charge in [0.1, 0.15) is 0 Å². The molecule has 1 aromatic rings. The summed E-state index contributed by atoms with van der Waals surface area (Å²) in [6.07, 6.45) is 6.54. The normalized spacial score (nSPS) is 21.2. The molecular weight excluding hydrogens is 332 g/mol. The summed E-state index contributed by atoms with van der Waals surface area (Å²) >= 11 is 0. The number of rotatable bonds is 5. The molecule has 7 heteroatoms. The van der Waals surface area contributed by atoms with Crippen LogP contribution in [0.2, 0.25) is 0 Å². The topological polar surface area (TPSA) is 83.6 Å². The SMILES string of the molecule is O=C(NCc1ccccn1)C1CCN(C(=O)NCC2CCCCO2)CC1. The minimum Gasteiger partial charge on any atom is -0.376 e. The van der Waals surface area contributed by atoms with Gasteiger partial charge in [-0.3, -0.25) is 9.78 Å². The number of pyridine rings is 1. The third-order valence-corrected chi connectivity index (χ3v) is 5.08. The van der Waals surface area contributed by atoms with E-state index < -0.39 is 0 Å². The van der Waals surface area contributed by atoms with Crippen molar-refractivity contribution in [2.45, 2.75) is 44.8 Å². The molecule has 0 aliphatic carbocycles. The Morgan fingerprint density at radius 1 is 1.15 bits per heavy atom. The predicted octanol–water partition coefficient (Wildman–Crippen LogP) is 1.69. The number of ether oxygens (including phenoxy) is 1. The maximum Gasteiger partial charge on any atom is 0.317 e. The molecule has 2 fully saturated rings. The Hall–Kier alpha value is -2.15. The average Bonchev–Trinajstić information content (AvgIpc) is 2.72. The Kier molecular flexibility index (Phi) is 6.82. The van der Waals surface area contributed by atoms with E-state index >= 15 is 0 Å². The largest absolute Gasteiger partial charge is 0.376 e. The molecule has 26 heavy (non-hydrogen) atoms. The van der Waals surface area contributed by atoms with Gasteiger partial charge in [0.2, 0.25) is 5.91 Å². The van der Waals surface area contributed by atoms with Gasteiger partial charge in [-0.25, -0.2) is 4.79 Å². The van der Waals surface area contributed by atoms with E-state index in [0.29, 0.717) is 39.0 Å². The summed E-state index contributed by atoms with van der Waals surface area (Å²) < 4.78 is 5.64. The average molecular weight is 360 g/mol. The minimum absolute atomic E-state index is 0.0376. The highest BCUT2D eigenvalue weighted by Crippen LogP contribution is 2.18. The van der Waals surface area contributed by atoms with Gasteiger partial charge in [-0.05, 0) is 44.2 Å². The van der Waals surface area contributed by atoms with Crippen molar-refractivity contribution in [3.05, 3.63) is 30.1 Å². The summed E-state index contributed by atoms with van der Waals surface area (Å²) in [5.41, 5.74) is 0.850. The molecule has 0 bridgehead atoms. The Morgan fingerprint density at radius 2 is 2.00 bits per heavy atom. The Morgan fingerprint density at radius 3 is 2.69 bits per heavy atom. The summed E-state index contributed by atoms with van der Waals surface area (Å²) in [5.74, 6) is 0.00996. The Labute approximate surface area is 154 Å². The molecule has 0 aromatic carbocycles. The van der Waals surface area contributed by atoms with Crippen molar-refractivity contribution in [3.8, 4) is 0 Å². The van der Waals surface area contributed by atoms with Crippen LogP contribution in [-0.4, -0.2) is 54.2 Å². The highest BCUT2D eigenvalue weighted by molar-refractivity contribution is 5.79. The highest BCUT2D eigenvalue weighted by atomic mass is 16.5. The molecule has 3 heterocycles. The van der Waals surface area contributed by atoms with E-state index in [-0.39, 0.29) is 24.0 Å². The van der Waals surface area contributed by atoms with E-state index in [4.69, 9.17) is 4.74 Å². The number of aromatic nitrogens is 1. The van der Waals surface area contributed by atoms with E-state index in [1.54, 1.807) is 11.1 Å². The molecule has 7 nitrogen and oxygen atoms in total. The minimum atomic E-state index is -0.0495. The highest BCUT2D eigenvalue weighted by Gasteiger charge is 2.27. The second-order valence-corrected chi connectivity index (χ2v) is 6.97. The molecule has 0 saturated carbocycles. The van der Waals surface area contributed by atoms with Crippen LogP contribution in [0.25, 0.3) is 0 Å². The molecule has 3 rings (SSSR count). The number of amides is 3. The first kappa shape index (κ1) is 18.6.